The SMILES string of the molecule is CCC(C)C1CN(CC(C)OC)C(CC(C)C)CN1. The number of nitrogens with one attached hydrogen (secondary N) is 1. The first kappa shape index (κ1) is 16.9. The molecule has 1 aliphatic heterocycles. The summed E-state index contributed by atoms with van der Waals surface area (Å²) in [5.41, 5.74) is 0. The summed E-state index contributed by atoms with van der Waals surface area (Å²) in [6.07, 6.45) is 2.85. The summed E-state index contributed by atoms with van der Waals surface area (Å²) >= 11 is 0. The number of rotatable bonds is 7. The molecule has 0 aromatic carbocycles. The Hall–Kier alpha value is -0.120. The molecule has 19 heavy (non-hydrogen) atoms. The van der Waals surface area contributed by atoms with Gasteiger partial charge in [-0.1, -0.05) is 34.1 Å². The molecule has 114 valence electrons. The van der Waals surface area contributed by atoms with Crippen molar-refractivity contribution < 1.29 is 4.74 Å². The highest BCUT2D eigenvalue weighted by molar-refractivity contribution is 4.89. The summed E-state index contributed by atoms with van der Waals surface area (Å²) in [4.78, 5) is 2.65. The van der Waals surface area contributed by atoms with E-state index in [2.05, 4.69) is 44.8 Å². The van der Waals surface area contributed by atoms with E-state index < -0.39 is 0 Å². The van der Waals surface area contributed by atoms with E-state index in [0.717, 1.165) is 24.9 Å². The lowest BCUT2D eigenvalue weighted by molar-refractivity contribution is 0.0289. The molecule has 0 saturated carbocycles. The Morgan fingerprint density at radius 2 is 1.95 bits per heavy atom. The number of piperazine rings is 1. The number of hydrogen-bond donors (Lipinski definition) is 1. The van der Waals surface area contributed by atoms with Crippen LogP contribution in [-0.2, 0) is 4.74 Å². The lowest BCUT2D eigenvalue weighted by Crippen LogP contribution is -2.59. The van der Waals surface area contributed by atoms with Crippen LogP contribution in [0, 0.1) is 11.8 Å². The molecule has 0 bridgehead atoms. The molecular weight excluding hydrogens is 236 g/mol. The molecule has 1 aliphatic rings. The predicted octanol–water partition coefficient (Wildman–Crippen LogP) is 2.76. The Morgan fingerprint density at radius 1 is 1.26 bits per heavy atom. The first-order valence-electron chi connectivity index (χ1n) is 7.98. The summed E-state index contributed by atoms with van der Waals surface area (Å²) in [6.45, 7) is 14.8. The van der Waals surface area contributed by atoms with E-state index in [0.29, 0.717) is 18.2 Å². The topological polar surface area (TPSA) is 24.5 Å². The Bertz CT molecular complexity index is 245. The van der Waals surface area contributed by atoms with Crippen LogP contribution in [0.25, 0.3) is 0 Å². The largest absolute Gasteiger partial charge is 0.380 e. The van der Waals surface area contributed by atoms with Gasteiger partial charge in [-0.3, -0.25) is 4.90 Å². The van der Waals surface area contributed by atoms with Gasteiger partial charge in [0, 0.05) is 38.8 Å². The van der Waals surface area contributed by atoms with Crippen molar-refractivity contribution in [2.75, 3.05) is 26.7 Å². The first-order valence-corrected chi connectivity index (χ1v) is 7.98. The fourth-order valence-electron chi connectivity index (χ4n) is 2.95. The maximum Gasteiger partial charge on any atom is 0.0670 e. The molecule has 3 nitrogen and oxygen atoms in total. The second kappa shape index (κ2) is 8.23. The summed E-state index contributed by atoms with van der Waals surface area (Å²) in [6, 6.07) is 1.30. The van der Waals surface area contributed by atoms with E-state index in [4.69, 9.17) is 4.74 Å². The van der Waals surface area contributed by atoms with E-state index in [1.165, 1.54) is 19.4 Å². The maximum atomic E-state index is 5.47. The van der Waals surface area contributed by atoms with Crippen molar-refractivity contribution in [3.63, 3.8) is 0 Å². The van der Waals surface area contributed by atoms with E-state index in [-0.39, 0.29) is 0 Å². The zero-order chi connectivity index (χ0) is 14.4. The monoisotopic (exact) mass is 270 g/mol. The van der Waals surface area contributed by atoms with Gasteiger partial charge in [0.2, 0.25) is 0 Å². The van der Waals surface area contributed by atoms with Gasteiger partial charge in [-0.05, 0) is 25.2 Å². The van der Waals surface area contributed by atoms with Crippen molar-refractivity contribution in [1.82, 2.24) is 10.2 Å². The summed E-state index contributed by atoms with van der Waals surface area (Å²) in [5.74, 6) is 1.51. The second-order valence-electron chi connectivity index (χ2n) is 6.68. The molecule has 4 atom stereocenters. The fraction of sp³-hybridized carbons (Fsp3) is 1.00. The van der Waals surface area contributed by atoms with Gasteiger partial charge < -0.3 is 10.1 Å². The zero-order valence-corrected chi connectivity index (χ0v) is 13.8. The second-order valence-corrected chi connectivity index (χ2v) is 6.68. The third-order valence-corrected chi connectivity index (χ3v) is 4.53. The van der Waals surface area contributed by atoms with Crippen LogP contribution >= 0.6 is 0 Å². The molecule has 0 radical (unpaired) electrons. The molecule has 1 fully saturated rings. The minimum atomic E-state index is 0.324. The molecule has 0 aromatic rings. The van der Waals surface area contributed by atoms with Gasteiger partial charge >= 0.3 is 0 Å². The number of hydrogen-bond acceptors (Lipinski definition) is 3. The van der Waals surface area contributed by atoms with Gasteiger partial charge in [0.1, 0.15) is 0 Å². The first-order chi connectivity index (χ1) is 8.97. The minimum Gasteiger partial charge on any atom is -0.380 e. The Kier molecular flexibility index (Phi) is 7.33. The van der Waals surface area contributed by atoms with Gasteiger partial charge in [0.15, 0.2) is 0 Å². The number of ether oxygens (including phenoxy) is 1. The molecule has 3 heteroatoms. The quantitative estimate of drug-likeness (QED) is 0.770. The van der Waals surface area contributed by atoms with Crippen LogP contribution in [0.15, 0.2) is 0 Å². The summed E-state index contributed by atoms with van der Waals surface area (Å²) < 4.78 is 5.47. The van der Waals surface area contributed by atoms with Gasteiger partial charge in [-0.2, -0.15) is 0 Å². The molecule has 1 N–H and O–H groups in total. The molecule has 0 amide bonds. The van der Waals surface area contributed by atoms with Crippen LogP contribution in [0.1, 0.15) is 47.5 Å². The highest BCUT2D eigenvalue weighted by atomic mass is 16.5. The fourth-order valence-corrected chi connectivity index (χ4v) is 2.95. The molecule has 1 rings (SSSR count). The lowest BCUT2D eigenvalue weighted by atomic mass is 9.92. The Labute approximate surface area is 120 Å². The van der Waals surface area contributed by atoms with Crippen molar-refractivity contribution in [3.05, 3.63) is 0 Å². The lowest BCUT2D eigenvalue weighted by Gasteiger charge is -2.43. The van der Waals surface area contributed by atoms with E-state index >= 15 is 0 Å². The smallest absolute Gasteiger partial charge is 0.0670 e. The third-order valence-electron chi connectivity index (χ3n) is 4.53. The molecular formula is C16H34N2O. The van der Waals surface area contributed by atoms with Gasteiger partial charge in [-0.15, -0.1) is 0 Å². The van der Waals surface area contributed by atoms with Crippen molar-refractivity contribution >= 4 is 0 Å². The van der Waals surface area contributed by atoms with Gasteiger partial charge in [-0.25, -0.2) is 0 Å². The van der Waals surface area contributed by atoms with Crippen LogP contribution in [0.5, 0.6) is 0 Å². The molecule has 4 unspecified atom stereocenters. The molecule has 1 saturated heterocycles. The van der Waals surface area contributed by atoms with Crippen LogP contribution in [0.3, 0.4) is 0 Å². The summed E-state index contributed by atoms with van der Waals surface area (Å²) in [7, 11) is 1.82. The highest BCUT2D eigenvalue weighted by Gasteiger charge is 2.31. The Morgan fingerprint density at radius 3 is 2.47 bits per heavy atom. The average molecular weight is 270 g/mol. The predicted molar refractivity (Wildman–Crippen MR) is 82.5 cm³/mol. The molecule has 0 aliphatic carbocycles. The van der Waals surface area contributed by atoms with Crippen molar-refractivity contribution in [2.24, 2.45) is 11.8 Å². The molecule has 1 heterocycles. The average Bonchev–Trinajstić information content (AvgIpc) is 2.39. The van der Waals surface area contributed by atoms with Crippen molar-refractivity contribution in [1.29, 1.82) is 0 Å². The van der Waals surface area contributed by atoms with E-state index in [1.807, 2.05) is 7.11 Å². The standard InChI is InChI=1S/C16H34N2O/c1-7-13(4)16-11-18(10-14(5)19-6)15(9-17-16)8-12(2)3/h12-17H,7-11H2,1-6H3. The Balaban J connectivity index is 2.62. The number of nitrogens with zero attached hydrogens (tertiary/aromatic N) is 1. The van der Waals surface area contributed by atoms with Crippen LogP contribution in [-0.4, -0.2) is 49.8 Å². The molecule has 0 aromatic heterocycles. The van der Waals surface area contributed by atoms with E-state index in [9.17, 15) is 0 Å². The maximum absolute atomic E-state index is 5.47. The van der Waals surface area contributed by atoms with Crippen molar-refractivity contribution in [2.45, 2.75) is 65.6 Å². The van der Waals surface area contributed by atoms with Gasteiger partial charge in [0.25, 0.3) is 0 Å². The molecule has 0 spiro atoms. The minimum absolute atomic E-state index is 0.324. The summed E-state index contributed by atoms with van der Waals surface area (Å²) in [5, 5.41) is 3.76. The van der Waals surface area contributed by atoms with Crippen LogP contribution in [0.2, 0.25) is 0 Å². The number of methoxy groups -OCH3 is 1. The van der Waals surface area contributed by atoms with Crippen LogP contribution in [0.4, 0.5) is 0 Å². The zero-order valence-electron chi connectivity index (χ0n) is 13.8. The van der Waals surface area contributed by atoms with Crippen LogP contribution < -0.4 is 5.32 Å². The normalized spacial score (nSPS) is 28.6. The van der Waals surface area contributed by atoms with Crippen molar-refractivity contribution in [3.8, 4) is 0 Å². The van der Waals surface area contributed by atoms with E-state index in [1.54, 1.807) is 0 Å². The highest BCUT2D eigenvalue weighted by Crippen LogP contribution is 2.20. The third kappa shape index (κ3) is 5.41. The van der Waals surface area contributed by atoms with Gasteiger partial charge in [0.05, 0.1) is 6.10 Å².